The van der Waals surface area contributed by atoms with Crippen molar-refractivity contribution in [3.63, 3.8) is 0 Å². The van der Waals surface area contributed by atoms with Gasteiger partial charge in [-0.3, -0.25) is 4.79 Å². The van der Waals surface area contributed by atoms with Gasteiger partial charge in [0.15, 0.2) is 0 Å². The van der Waals surface area contributed by atoms with Gasteiger partial charge in [0.2, 0.25) is 5.91 Å². The average Bonchev–Trinajstić information content (AvgIpc) is 2.54. The molecule has 0 aliphatic rings. The van der Waals surface area contributed by atoms with Crippen LogP contribution in [0.25, 0.3) is 0 Å². The largest absolute Gasteiger partial charge is 0.337 e. The Morgan fingerprint density at radius 3 is 1.41 bits per heavy atom. The first kappa shape index (κ1) is 21.5. The van der Waals surface area contributed by atoms with Crippen LogP contribution in [0, 0.1) is 0 Å². The number of hydrogen-bond donors (Lipinski definition) is 0. The van der Waals surface area contributed by atoms with E-state index in [2.05, 4.69) is 32.6 Å². The Morgan fingerprint density at radius 2 is 1.09 bits per heavy atom. The van der Waals surface area contributed by atoms with Crippen LogP contribution in [-0.2, 0) is 4.79 Å². The summed E-state index contributed by atoms with van der Waals surface area (Å²) in [6, 6.07) is 0.942. The van der Waals surface area contributed by atoms with Gasteiger partial charge in [-0.15, -0.1) is 0 Å². The van der Waals surface area contributed by atoms with E-state index in [-0.39, 0.29) is 0 Å². The number of rotatable bonds is 14. The molecule has 0 N–H and O–H groups in total. The third-order valence-corrected chi connectivity index (χ3v) is 4.67. The van der Waals surface area contributed by atoms with Crippen molar-refractivity contribution in [2.45, 2.75) is 124 Å². The van der Waals surface area contributed by atoms with Gasteiger partial charge in [0.05, 0.1) is 0 Å². The topological polar surface area (TPSA) is 20.3 Å². The molecule has 0 rings (SSSR count). The molecule has 132 valence electrons. The van der Waals surface area contributed by atoms with Crippen LogP contribution >= 0.6 is 0 Å². The minimum atomic E-state index is 0.381. The van der Waals surface area contributed by atoms with E-state index in [4.69, 9.17) is 0 Å². The molecular weight excluding hydrogens is 270 g/mol. The fraction of sp³-hybridized carbons (Fsp3) is 0.950. The second-order valence-corrected chi connectivity index (χ2v) is 6.68. The lowest BCUT2D eigenvalue weighted by Gasteiger charge is -2.39. The summed E-state index contributed by atoms with van der Waals surface area (Å²) in [5.41, 5.74) is 0. The van der Waals surface area contributed by atoms with E-state index in [1.807, 2.05) is 6.92 Å². The Kier molecular flexibility index (Phi) is 13.7. The molecule has 0 fully saturated rings. The predicted molar refractivity (Wildman–Crippen MR) is 98.2 cm³/mol. The minimum Gasteiger partial charge on any atom is -0.337 e. The first-order valence-corrected chi connectivity index (χ1v) is 9.97. The second kappa shape index (κ2) is 14.1. The standard InChI is InChI=1S/C20H41NO/c1-6-11-15-18(14-9-4)21(20(22)10-5)19(16-12-7-2)17-13-8-3/h18-19H,6-17H2,1-5H3. The van der Waals surface area contributed by atoms with Gasteiger partial charge in [0.1, 0.15) is 0 Å². The van der Waals surface area contributed by atoms with Crippen molar-refractivity contribution in [2.75, 3.05) is 0 Å². The van der Waals surface area contributed by atoms with Gasteiger partial charge in [-0.05, 0) is 25.7 Å². The zero-order chi connectivity index (χ0) is 16.8. The molecule has 0 radical (unpaired) electrons. The molecule has 22 heavy (non-hydrogen) atoms. The zero-order valence-corrected chi connectivity index (χ0v) is 16.0. The Balaban J connectivity index is 5.13. The lowest BCUT2D eigenvalue weighted by atomic mass is 9.95. The molecule has 1 amide bonds. The summed E-state index contributed by atoms with van der Waals surface area (Å²) in [6.07, 6.45) is 14.0. The number of unbranched alkanes of at least 4 members (excludes halogenated alkanes) is 3. The Morgan fingerprint density at radius 1 is 0.682 bits per heavy atom. The summed E-state index contributed by atoms with van der Waals surface area (Å²) < 4.78 is 0. The highest BCUT2D eigenvalue weighted by Crippen LogP contribution is 2.24. The third-order valence-electron chi connectivity index (χ3n) is 4.67. The second-order valence-electron chi connectivity index (χ2n) is 6.68. The van der Waals surface area contributed by atoms with Crippen LogP contribution in [0.3, 0.4) is 0 Å². The quantitative estimate of drug-likeness (QED) is 0.367. The molecule has 2 heteroatoms. The van der Waals surface area contributed by atoms with Crippen LogP contribution in [0.2, 0.25) is 0 Å². The lowest BCUT2D eigenvalue weighted by Crippen LogP contribution is -2.47. The molecule has 0 aromatic heterocycles. The molecule has 2 nitrogen and oxygen atoms in total. The van der Waals surface area contributed by atoms with E-state index >= 15 is 0 Å². The Labute approximate surface area is 140 Å². The van der Waals surface area contributed by atoms with E-state index in [0.717, 1.165) is 0 Å². The van der Waals surface area contributed by atoms with Crippen LogP contribution < -0.4 is 0 Å². The van der Waals surface area contributed by atoms with Gasteiger partial charge in [-0.1, -0.05) is 79.6 Å². The average molecular weight is 312 g/mol. The fourth-order valence-corrected chi connectivity index (χ4v) is 3.39. The van der Waals surface area contributed by atoms with E-state index in [1.54, 1.807) is 0 Å². The molecule has 1 atom stereocenters. The van der Waals surface area contributed by atoms with Gasteiger partial charge in [0.25, 0.3) is 0 Å². The van der Waals surface area contributed by atoms with Crippen LogP contribution in [-0.4, -0.2) is 22.9 Å². The summed E-state index contributed by atoms with van der Waals surface area (Å²) >= 11 is 0. The molecule has 0 aromatic carbocycles. The van der Waals surface area contributed by atoms with E-state index < -0.39 is 0 Å². The minimum absolute atomic E-state index is 0.381. The molecule has 0 spiro atoms. The van der Waals surface area contributed by atoms with Crippen LogP contribution in [0.1, 0.15) is 112 Å². The van der Waals surface area contributed by atoms with Crippen molar-refractivity contribution >= 4 is 5.91 Å². The number of nitrogens with zero attached hydrogens (tertiary/aromatic N) is 1. The number of carbonyl (C=O) groups is 1. The van der Waals surface area contributed by atoms with Gasteiger partial charge in [-0.25, -0.2) is 0 Å². The molecule has 0 aromatic rings. The fourth-order valence-electron chi connectivity index (χ4n) is 3.39. The molecule has 0 aliphatic carbocycles. The van der Waals surface area contributed by atoms with E-state index in [0.29, 0.717) is 24.4 Å². The van der Waals surface area contributed by atoms with E-state index in [9.17, 15) is 4.79 Å². The molecule has 0 saturated heterocycles. The van der Waals surface area contributed by atoms with E-state index in [1.165, 1.54) is 70.6 Å². The first-order valence-electron chi connectivity index (χ1n) is 9.97. The van der Waals surface area contributed by atoms with Gasteiger partial charge >= 0.3 is 0 Å². The molecule has 1 unspecified atom stereocenters. The molecular formula is C20H41NO. The Hall–Kier alpha value is -0.530. The van der Waals surface area contributed by atoms with Crippen LogP contribution in [0.15, 0.2) is 0 Å². The van der Waals surface area contributed by atoms with Crippen LogP contribution in [0.5, 0.6) is 0 Å². The zero-order valence-electron chi connectivity index (χ0n) is 16.0. The maximum Gasteiger partial charge on any atom is 0.222 e. The van der Waals surface area contributed by atoms with Crippen molar-refractivity contribution in [1.29, 1.82) is 0 Å². The monoisotopic (exact) mass is 311 g/mol. The normalized spacial score (nSPS) is 12.6. The molecule has 0 aliphatic heterocycles. The van der Waals surface area contributed by atoms with Crippen molar-refractivity contribution in [3.8, 4) is 0 Å². The highest BCUT2D eigenvalue weighted by molar-refractivity contribution is 5.76. The van der Waals surface area contributed by atoms with Crippen LogP contribution in [0.4, 0.5) is 0 Å². The summed E-state index contributed by atoms with van der Waals surface area (Å²) in [7, 11) is 0. The number of hydrogen-bond acceptors (Lipinski definition) is 1. The van der Waals surface area contributed by atoms with Crippen molar-refractivity contribution in [3.05, 3.63) is 0 Å². The first-order chi connectivity index (χ1) is 10.7. The SMILES string of the molecule is CCCCC(CCC)N(C(=O)CC)C(CCCC)CCCC. The van der Waals surface area contributed by atoms with Gasteiger partial charge in [0, 0.05) is 18.5 Å². The molecule has 0 bridgehead atoms. The van der Waals surface area contributed by atoms with Crippen molar-refractivity contribution in [1.82, 2.24) is 4.90 Å². The molecule has 0 heterocycles. The summed E-state index contributed by atoms with van der Waals surface area (Å²) in [6.45, 7) is 11.0. The third kappa shape index (κ3) is 8.19. The number of carbonyl (C=O) groups excluding carboxylic acids is 1. The summed E-state index contributed by atoms with van der Waals surface area (Å²) in [5, 5.41) is 0. The summed E-state index contributed by atoms with van der Waals surface area (Å²) in [4.78, 5) is 15.0. The number of amides is 1. The van der Waals surface area contributed by atoms with Gasteiger partial charge < -0.3 is 4.90 Å². The maximum absolute atomic E-state index is 12.7. The smallest absolute Gasteiger partial charge is 0.222 e. The lowest BCUT2D eigenvalue weighted by molar-refractivity contribution is -0.136. The predicted octanol–water partition coefficient (Wildman–Crippen LogP) is 6.33. The van der Waals surface area contributed by atoms with Gasteiger partial charge in [-0.2, -0.15) is 0 Å². The summed E-state index contributed by atoms with van der Waals surface area (Å²) in [5.74, 6) is 0.381. The maximum atomic E-state index is 12.7. The molecule has 0 saturated carbocycles. The van der Waals surface area contributed by atoms with Crippen molar-refractivity contribution in [2.24, 2.45) is 0 Å². The highest BCUT2D eigenvalue weighted by atomic mass is 16.2. The Bertz CT molecular complexity index is 256. The van der Waals surface area contributed by atoms with Crippen molar-refractivity contribution < 1.29 is 4.79 Å². The highest BCUT2D eigenvalue weighted by Gasteiger charge is 2.28.